The monoisotopic (exact) mass is 392 g/mol. The topological polar surface area (TPSA) is 49.4 Å². The van der Waals surface area contributed by atoms with Crippen LogP contribution in [0.25, 0.3) is 0 Å². The van der Waals surface area contributed by atoms with Crippen LogP contribution < -0.4 is 15.4 Å². The number of rotatable bonds is 6. The molecule has 2 aromatic rings. The quantitative estimate of drug-likeness (QED) is 0.717. The molecule has 0 bridgehead atoms. The summed E-state index contributed by atoms with van der Waals surface area (Å²) in [5.74, 6) is 1.11. The number of anilines is 2. The summed E-state index contributed by atoms with van der Waals surface area (Å²) in [6.45, 7) is 4.18. The van der Waals surface area contributed by atoms with Crippen LogP contribution >= 0.6 is 0 Å². The summed E-state index contributed by atoms with van der Waals surface area (Å²) in [6.07, 6.45) is 12.5. The molecule has 1 aliphatic carbocycles. The van der Waals surface area contributed by atoms with E-state index in [1.165, 1.54) is 56.4 Å². The van der Waals surface area contributed by atoms with Crippen LogP contribution in [-0.2, 0) is 6.42 Å². The number of benzene rings is 1. The molecule has 0 unspecified atom stereocenters. The second kappa shape index (κ2) is 8.23. The van der Waals surface area contributed by atoms with Crippen LogP contribution in [0, 0.1) is 0 Å². The summed E-state index contributed by atoms with van der Waals surface area (Å²) in [6, 6.07) is 11.5. The van der Waals surface area contributed by atoms with Gasteiger partial charge in [0, 0.05) is 56.0 Å². The molecule has 0 amide bonds. The zero-order valence-corrected chi connectivity index (χ0v) is 17.2. The number of hydrogen-bond donors (Lipinski definition) is 2. The van der Waals surface area contributed by atoms with E-state index < -0.39 is 0 Å². The Hall–Kier alpha value is -2.27. The third kappa shape index (κ3) is 4.20. The van der Waals surface area contributed by atoms with Crippen LogP contribution in [0.4, 0.5) is 11.4 Å². The Morgan fingerprint density at radius 1 is 0.966 bits per heavy atom. The number of nitrogens with one attached hydrogen (secondary N) is 2. The smallest absolute Gasteiger partial charge is 0.123 e. The maximum Gasteiger partial charge on any atom is 0.123 e. The molecule has 1 saturated heterocycles. The van der Waals surface area contributed by atoms with Gasteiger partial charge in [-0.3, -0.25) is 4.98 Å². The number of hydrogen-bond acceptors (Lipinski definition) is 5. The van der Waals surface area contributed by atoms with Crippen molar-refractivity contribution in [3.05, 3.63) is 48.3 Å². The predicted octanol–water partition coefficient (Wildman–Crippen LogP) is 4.32. The number of pyridine rings is 1. The van der Waals surface area contributed by atoms with Crippen molar-refractivity contribution in [1.82, 2.24) is 9.88 Å². The second-order valence-corrected chi connectivity index (χ2v) is 8.82. The van der Waals surface area contributed by atoms with Crippen molar-refractivity contribution in [3.8, 4) is 5.75 Å². The number of aryl methyl sites for hydroxylation is 1. The fourth-order valence-corrected chi connectivity index (χ4v) is 4.92. The third-order valence-electron chi connectivity index (χ3n) is 7.00. The number of likely N-dealkylation sites (tertiary alicyclic amines) is 1. The molecule has 2 N–H and O–H groups in total. The molecule has 2 aliphatic heterocycles. The van der Waals surface area contributed by atoms with Gasteiger partial charge in [-0.2, -0.15) is 0 Å². The van der Waals surface area contributed by atoms with Gasteiger partial charge in [-0.1, -0.05) is 6.42 Å². The van der Waals surface area contributed by atoms with Crippen molar-refractivity contribution in [1.29, 1.82) is 0 Å². The lowest BCUT2D eigenvalue weighted by molar-refractivity contribution is -0.0336. The van der Waals surface area contributed by atoms with Crippen LogP contribution in [-0.4, -0.2) is 47.7 Å². The van der Waals surface area contributed by atoms with Gasteiger partial charge in [0.05, 0.1) is 0 Å². The van der Waals surface area contributed by atoms with E-state index in [9.17, 15) is 0 Å². The highest BCUT2D eigenvalue weighted by Gasteiger charge is 2.41. The average molecular weight is 393 g/mol. The largest absolute Gasteiger partial charge is 0.487 e. The van der Waals surface area contributed by atoms with Gasteiger partial charge in [-0.25, -0.2) is 0 Å². The van der Waals surface area contributed by atoms with E-state index in [0.717, 1.165) is 43.4 Å². The highest BCUT2D eigenvalue weighted by atomic mass is 16.5. The summed E-state index contributed by atoms with van der Waals surface area (Å²) < 4.78 is 6.61. The van der Waals surface area contributed by atoms with Gasteiger partial charge in [-0.05, 0) is 74.4 Å². The molecule has 0 atom stereocenters. The molecule has 1 spiro atoms. The Kier molecular flexibility index (Phi) is 5.32. The average Bonchev–Trinajstić information content (AvgIpc) is 2.73. The van der Waals surface area contributed by atoms with Crippen molar-refractivity contribution in [3.63, 3.8) is 0 Å². The molecule has 5 rings (SSSR count). The van der Waals surface area contributed by atoms with Gasteiger partial charge in [0.2, 0.25) is 0 Å². The molecule has 1 saturated carbocycles. The van der Waals surface area contributed by atoms with Crippen molar-refractivity contribution >= 4 is 11.4 Å². The molecule has 1 aromatic carbocycles. The van der Waals surface area contributed by atoms with E-state index in [0.29, 0.717) is 0 Å². The molecular weight excluding hydrogens is 360 g/mol. The number of ether oxygens (including phenoxy) is 1. The molecule has 5 nitrogen and oxygen atoms in total. The molecule has 1 aromatic heterocycles. The SMILES string of the molecule is c1cc(NCCNc2ccc3c(c2)CCC2(CCN(C4CCC4)CC2)O3)ccn1. The highest BCUT2D eigenvalue weighted by molar-refractivity contribution is 5.52. The Balaban J connectivity index is 1.13. The number of nitrogens with zero attached hydrogens (tertiary/aromatic N) is 2. The molecule has 2 fully saturated rings. The summed E-state index contributed by atoms with van der Waals surface area (Å²) in [4.78, 5) is 6.75. The van der Waals surface area contributed by atoms with Gasteiger partial charge < -0.3 is 20.3 Å². The molecule has 29 heavy (non-hydrogen) atoms. The Bertz CT molecular complexity index is 813. The van der Waals surface area contributed by atoms with Crippen LogP contribution in [0.5, 0.6) is 5.75 Å². The first-order valence-electron chi connectivity index (χ1n) is 11.2. The lowest BCUT2D eigenvalue weighted by Crippen LogP contribution is -2.53. The Morgan fingerprint density at radius 3 is 2.45 bits per heavy atom. The Morgan fingerprint density at radius 2 is 1.72 bits per heavy atom. The van der Waals surface area contributed by atoms with E-state index in [-0.39, 0.29) is 5.60 Å². The van der Waals surface area contributed by atoms with Crippen molar-refractivity contribution in [2.45, 2.75) is 56.6 Å². The van der Waals surface area contributed by atoms with Crippen LogP contribution in [0.3, 0.4) is 0 Å². The molecule has 0 radical (unpaired) electrons. The minimum atomic E-state index is 0.0800. The molecule has 154 valence electrons. The van der Waals surface area contributed by atoms with Gasteiger partial charge in [0.25, 0.3) is 0 Å². The minimum Gasteiger partial charge on any atom is -0.487 e. The van der Waals surface area contributed by atoms with E-state index in [4.69, 9.17) is 4.74 Å². The molecule has 3 heterocycles. The number of piperidine rings is 1. The second-order valence-electron chi connectivity index (χ2n) is 8.82. The normalized spacial score (nSPS) is 21.1. The standard InChI is InChI=1S/C24H32N4O/c1-2-22(3-1)28-16-10-24(11-17-28)9-6-19-18-21(4-5-23(19)29-24)27-15-14-26-20-7-12-25-13-8-20/h4-5,7-8,12-13,18,22,27H,1-3,6,9-11,14-17H2,(H,25,26). The predicted molar refractivity (Wildman–Crippen MR) is 118 cm³/mol. The van der Waals surface area contributed by atoms with Crippen molar-refractivity contribution in [2.75, 3.05) is 36.8 Å². The van der Waals surface area contributed by atoms with Gasteiger partial charge >= 0.3 is 0 Å². The van der Waals surface area contributed by atoms with E-state index in [2.05, 4.69) is 38.7 Å². The molecule has 5 heteroatoms. The first-order chi connectivity index (χ1) is 14.3. The summed E-state index contributed by atoms with van der Waals surface area (Å²) in [7, 11) is 0. The summed E-state index contributed by atoms with van der Waals surface area (Å²) in [5, 5.41) is 6.93. The first-order valence-corrected chi connectivity index (χ1v) is 11.2. The van der Waals surface area contributed by atoms with E-state index in [1.54, 1.807) is 0 Å². The third-order valence-corrected chi connectivity index (χ3v) is 7.00. The fraction of sp³-hybridized carbons (Fsp3) is 0.542. The molecular formula is C24H32N4O. The lowest BCUT2D eigenvalue weighted by atomic mass is 9.81. The number of aromatic nitrogens is 1. The van der Waals surface area contributed by atoms with Crippen LogP contribution in [0.2, 0.25) is 0 Å². The Labute approximate surface area is 173 Å². The van der Waals surface area contributed by atoms with Gasteiger partial charge in [0.1, 0.15) is 11.4 Å². The van der Waals surface area contributed by atoms with Crippen LogP contribution in [0.1, 0.15) is 44.1 Å². The maximum atomic E-state index is 6.61. The van der Waals surface area contributed by atoms with Crippen molar-refractivity contribution < 1.29 is 4.74 Å². The lowest BCUT2D eigenvalue weighted by Gasteiger charge is -2.48. The van der Waals surface area contributed by atoms with E-state index >= 15 is 0 Å². The molecule has 3 aliphatic rings. The first kappa shape index (κ1) is 18.7. The van der Waals surface area contributed by atoms with Gasteiger partial charge in [0.15, 0.2) is 0 Å². The summed E-state index contributed by atoms with van der Waals surface area (Å²) >= 11 is 0. The van der Waals surface area contributed by atoms with Crippen LogP contribution in [0.15, 0.2) is 42.7 Å². The zero-order valence-electron chi connectivity index (χ0n) is 17.2. The zero-order chi connectivity index (χ0) is 19.5. The number of fused-ring (bicyclic) bond motifs is 1. The maximum absolute atomic E-state index is 6.61. The highest BCUT2D eigenvalue weighted by Crippen LogP contribution is 2.41. The van der Waals surface area contributed by atoms with Gasteiger partial charge in [-0.15, -0.1) is 0 Å². The fourth-order valence-electron chi connectivity index (χ4n) is 4.92. The van der Waals surface area contributed by atoms with E-state index in [1.807, 2.05) is 24.5 Å². The van der Waals surface area contributed by atoms with Crippen molar-refractivity contribution in [2.24, 2.45) is 0 Å². The minimum absolute atomic E-state index is 0.0800. The summed E-state index contributed by atoms with van der Waals surface area (Å²) in [5.41, 5.74) is 3.72.